The maximum absolute atomic E-state index is 12.5. The molecule has 0 saturated carbocycles. The lowest BCUT2D eigenvalue weighted by Crippen LogP contribution is -2.38. The van der Waals surface area contributed by atoms with Gasteiger partial charge in [0.15, 0.2) is 0 Å². The molecule has 1 heterocycles. The third kappa shape index (κ3) is 5.51. The van der Waals surface area contributed by atoms with Crippen LogP contribution in [0.1, 0.15) is 36.1 Å². The number of hydrogen-bond donors (Lipinski definition) is 2. The van der Waals surface area contributed by atoms with Crippen LogP contribution in [0.2, 0.25) is 0 Å². The summed E-state index contributed by atoms with van der Waals surface area (Å²) in [5, 5.41) is 2.75. The molecule has 0 aliphatic carbocycles. The van der Waals surface area contributed by atoms with Gasteiger partial charge in [-0.05, 0) is 38.0 Å². The molecule has 0 spiro atoms. The Morgan fingerprint density at radius 2 is 1.84 bits per heavy atom. The average Bonchev–Trinajstić information content (AvgIpc) is 3.12. The number of nitrogens with zero attached hydrogens (tertiary/aromatic N) is 1. The average molecular weight is 444 g/mol. The van der Waals surface area contributed by atoms with E-state index < -0.39 is 15.9 Å². The lowest BCUT2D eigenvalue weighted by atomic mass is 10.1. The molecule has 1 fully saturated rings. The minimum atomic E-state index is -3.65. The zero-order valence-corrected chi connectivity index (χ0v) is 18.9. The third-order valence-electron chi connectivity index (χ3n) is 5.61. The van der Waals surface area contributed by atoms with Crippen molar-refractivity contribution in [2.75, 3.05) is 19.6 Å². The van der Waals surface area contributed by atoms with Gasteiger partial charge in [-0.1, -0.05) is 48.0 Å². The number of carbonyl (C=O) groups excluding carboxylic acids is 2. The monoisotopic (exact) mass is 443 g/mol. The van der Waals surface area contributed by atoms with E-state index >= 15 is 0 Å². The van der Waals surface area contributed by atoms with Crippen LogP contribution in [0.15, 0.2) is 53.4 Å². The lowest BCUT2D eigenvalue weighted by Gasteiger charge is -2.25. The van der Waals surface area contributed by atoms with E-state index in [1.807, 2.05) is 50.2 Å². The molecule has 1 aliphatic rings. The Hall–Kier alpha value is -2.71. The van der Waals surface area contributed by atoms with E-state index in [0.29, 0.717) is 12.1 Å². The first-order chi connectivity index (χ1) is 14.7. The van der Waals surface area contributed by atoms with Gasteiger partial charge in [-0.3, -0.25) is 9.59 Å². The van der Waals surface area contributed by atoms with Gasteiger partial charge in [-0.2, -0.15) is 0 Å². The largest absolute Gasteiger partial charge is 0.354 e. The molecule has 0 aromatic heterocycles. The molecule has 2 unspecified atom stereocenters. The van der Waals surface area contributed by atoms with Crippen molar-refractivity contribution in [3.8, 4) is 0 Å². The summed E-state index contributed by atoms with van der Waals surface area (Å²) in [6.07, 6.45) is 0.164. The van der Waals surface area contributed by atoms with Crippen LogP contribution >= 0.6 is 0 Å². The predicted molar refractivity (Wildman–Crippen MR) is 119 cm³/mol. The van der Waals surface area contributed by atoms with E-state index in [1.54, 1.807) is 24.0 Å². The third-order valence-corrected chi connectivity index (χ3v) is 7.24. The Balaban J connectivity index is 1.49. The Morgan fingerprint density at radius 1 is 1.13 bits per heavy atom. The molecular formula is C23H29N3O4S. The first-order valence-corrected chi connectivity index (χ1v) is 11.9. The van der Waals surface area contributed by atoms with Gasteiger partial charge in [-0.25, -0.2) is 13.1 Å². The van der Waals surface area contributed by atoms with Crippen molar-refractivity contribution < 1.29 is 18.0 Å². The van der Waals surface area contributed by atoms with Gasteiger partial charge in [0.2, 0.25) is 21.8 Å². The molecule has 7 nitrogen and oxygen atoms in total. The molecule has 3 rings (SSSR count). The van der Waals surface area contributed by atoms with Crippen LogP contribution in [0.25, 0.3) is 0 Å². The lowest BCUT2D eigenvalue weighted by molar-refractivity contribution is -0.130. The fraction of sp³-hybridized carbons (Fsp3) is 0.391. The molecule has 2 N–H and O–H groups in total. The van der Waals surface area contributed by atoms with Crippen LogP contribution in [0, 0.1) is 19.8 Å². The fourth-order valence-corrected chi connectivity index (χ4v) is 5.14. The number of likely N-dealkylation sites (tertiary alicyclic amines) is 1. The molecule has 166 valence electrons. The second kappa shape index (κ2) is 9.62. The normalized spacial score (nSPS) is 17.6. The Morgan fingerprint density at radius 3 is 2.52 bits per heavy atom. The van der Waals surface area contributed by atoms with Crippen molar-refractivity contribution in [2.24, 2.45) is 5.92 Å². The fourth-order valence-electron chi connectivity index (χ4n) is 3.89. The molecule has 2 aromatic carbocycles. The second-order valence-corrected chi connectivity index (χ2v) is 9.73. The highest BCUT2D eigenvalue weighted by Gasteiger charge is 2.36. The van der Waals surface area contributed by atoms with Gasteiger partial charge in [0, 0.05) is 26.1 Å². The minimum Gasteiger partial charge on any atom is -0.354 e. The van der Waals surface area contributed by atoms with Crippen molar-refractivity contribution >= 4 is 21.8 Å². The number of rotatable bonds is 8. The number of carbonyl (C=O) groups is 2. The quantitative estimate of drug-likeness (QED) is 0.612. The molecule has 2 atom stereocenters. The molecular weight excluding hydrogens is 414 g/mol. The smallest absolute Gasteiger partial charge is 0.240 e. The van der Waals surface area contributed by atoms with Crippen LogP contribution < -0.4 is 10.0 Å². The highest BCUT2D eigenvalue weighted by molar-refractivity contribution is 7.89. The van der Waals surface area contributed by atoms with E-state index in [0.717, 1.165) is 11.1 Å². The number of benzene rings is 2. The SMILES string of the molecule is Cc1ccc(S(=O)(=O)NCCNC(=O)C2CC(=O)N(C(C)c3ccccc3)C2)c(C)c1. The van der Waals surface area contributed by atoms with E-state index in [2.05, 4.69) is 10.0 Å². The number of hydrogen-bond acceptors (Lipinski definition) is 4. The summed E-state index contributed by atoms with van der Waals surface area (Å²) in [5.74, 6) is -0.719. The van der Waals surface area contributed by atoms with Crippen LogP contribution in [0.4, 0.5) is 0 Å². The van der Waals surface area contributed by atoms with Gasteiger partial charge in [0.25, 0.3) is 0 Å². The molecule has 31 heavy (non-hydrogen) atoms. The van der Waals surface area contributed by atoms with Crippen LogP contribution in [-0.2, 0) is 19.6 Å². The number of sulfonamides is 1. The standard InChI is InChI=1S/C23H29N3O4S/c1-16-9-10-21(17(2)13-16)31(29,30)25-12-11-24-23(28)20-14-22(27)26(15-20)18(3)19-7-5-4-6-8-19/h4-10,13,18,20,25H,11-12,14-15H2,1-3H3,(H,24,28). The molecule has 1 saturated heterocycles. The van der Waals surface area contributed by atoms with Gasteiger partial charge >= 0.3 is 0 Å². The second-order valence-electron chi connectivity index (χ2n) is 7.99. The van der Waals surface area contributed by atoms with Crippen LogP contribution in [-0.4, -0.2) is 44.8 Å². The summed E-state index contributed by atoms with van der Waals surface area (Å²) in [6.45, 7) is 6.20. The van der Waals surface area contributed by atoms with E-state index in [4.69, 9.17) is 0 Å². The number of aryl methyl sites for hydroxylation is 2. The Labute approximate surface area is 183 Å². The molecule has 2 aromatic rings. The molecule has 0 radical (unpaired) electrons. The zero-order valence-electron chi connectivity index (χ0n) is 18.1. The molecule has 2 amide bonds. The summed E-state index contributed by atoms with van der Waals surface area (Å²) >= 11 is 0. The zero-order chi connectivity index (χ0) is 22.6. The van der Waals surface area contributed by atoms with Crippen LogP contribution in [0.3, 0.4) is 0 Å². The summed E-state index contributed by atoms with van der Waals surface area (Å²) in [7, 11) is -3.65. The van der Waals surface area contributed by atoms with Crippen molar-refractivity contribution in [3.63, 3.8) is 0 Å². The van der Waals surface area contributed by atoms with E-state index in [-0.39, 0.29) is 42.3 Å². The molecule has 8 heteroatoms. The summed E-state index contributed by atoms with van der Waals surface area (Å²) in [5.41, 5.74) is 2.69. The first kappa shape index (κ1) is 23.0. The summed E-state index contributed by atoms with van der Waals surface area (Å²) in [4.78, 5) is 26.9. The minimum absolute atomic E-state index is 0.0490. The first-order valence-electron chi connectivity index (χ1n) is 10.4. The van der Waals surface area contributed by atoms with Gasteiger partial charge in [0.1, 0.15) is 0 Å². The van der Waals surface area contributed by atoms with Crippen molar-refractivity contribution in [1.82, 2.24) is 14.9 Å². The molecule has 1 aliphatic heterocycles. The summed E-state index contributed by atoms with van der Waals surface area (Å²) < 4.78 is 27.5. The Kier molecular flexibility index (Phi) is 7.12. The van der Waals surface area contributed by atoms with Crippen molar-refractivity contribution in [3.05, 3.63) is 65.2 Å². The maximum Gasteiger partial charge on any atom is 0.240 e. The highest BCUT2D eigenvalue weighted by Crippen LogP contribution is 2.28. The molecule has 0 bridgehead atoms. The van der Waals surface area contributed by atoms with Crippen molar-refractivity contribution in [1.29, 1.82) is 0 Å². The van der Waals surface area contributed by atoms with Gasteiger partial charge < -0.3 is 10.2 Å². The number of nitrogens with one attached hydrogen (secondary N) is 2. The number of amides is 2. The predicted octanol–water partition coefficient (Wildman–Crippen LogP) is 2.31. The highest BCUT2D eigenvalue weighted by atomic mass is 32.2. The van der Waals surface area contributed by atoms with Gasteiger partial charge in [0.05, 0.1) is 16.9 Å². The van der Waals surface area contributed by atoms with E-state index in [9.17, 15) is 18.0 Å². The van der Waals surface area contributed by atoms with Gasteiger partial charge in [-0.15, -0.1) is 0 Å². The van der Waals surface area contributed by atoms with E-state index in [1.165, 1.54) is 0 Å². The maximum atomic E-state index is 12.5. The summed E-state index contributed by atoms with van der Waals surface area (Å²) in [6, 6.07) is 14.8. The van der Waals surface area contributed by atoms with Crippen LogP contribution in [0.5, 0.6) is 0 Å². The topological polar surface area (TPSA) is 95.6 Å². The Bertz CT molecular complexity index is 1050. The van der Waals surface area contributed by atoms with Crippen molar-refractivity contribution in [2.45, 2.75) is 38.1 Å².